The van der Waals surface area contributed by atoms with Crippen LogP contribution in [0, 0.1) is 0 Å². The van der Waals surface area contributed by atoms with E-state index in [1.54, 1.807) is 4.90 Å². The van der Waals surface area contributed by atoms with Gasteiger partial charge < -0.3 is 14.7 Å². The van der Waals surface area contributed by atoms with E-state index in [2.05, 4.69) is 6.58 Å². The van der Waals surface area contributed by atoms with Gasteiger partial charge >= 0.3 is 6.09 Å². The fourth-order valence-corrected chi connectivity index (χ4v) is 2.70. The van der Waals surface area contributed by atoms with Gasteiger partial charge in [-0.25, -0.2) is 4.79 Å². The van der Waals surface area contributed by atoms with Gasteiger partial charge in [0.2, 0.25) is 0 Å². The van der Waals surface area contributed by atoms with Gasteiger partial charge in [0.15, 0.2) is 0 Å². The molecule has 5 heteroatoms. The van der Waals surface area contributed by atoms with E-state index in [0.717, 1.165) is 12.0 Å². The van der Waals surface area contributed by atoms with E-state index in [0.29, 0.717) is 24.4 Å². The van der Waals surface area contributed by atoms with Crippen molar-refractivity contribution in [3.8, 4) is 0 Å². The Labute approximate surface area is 130 Å². The maximum atomic E-state index is 12.2. The predicted octanol–water partition coefficient (Wildman–Crippen LogP) is 3.29. The molecule has 0 saturated carbocycles. The molecule has 114 valence electrons. The molecule has 1 amide bonds. The molecule has 0 unspecified atom stereocenters. The number of amides is 1. The van der Waals surface area contributed by atoms with Crippen LogP contribution in [0.25, 0.3) is 0 Å². The first-order valence-electron chi connectivity index (χ1n) is 7.06. The first kappa shape index (κ1) is 15.9. The highest BCUT2D eigenvalue weighted by Crippen LogP contribution is 2.25. The topological polar surface area (TPSA) is 49.8 Å². The third-order valence-corrected chi connectivity index (χ3v) is 3.77. The van der Waals surface area contributed by atoms with Gasteiger partial charge in [-0.05, 0) is 18.4 Å². The van der Waals surface area contributed by atoms with E-state index in [1.165, 1.54) is 0 Å². The molecular weight excluding hydrogens is 290 g/mol. The van der Waals surface area contributed by atoms with Crippen LogP contribution in [-0.2, 0) is 11.3 Å². The molecule has 1 N–H and O–H groups in total. The maximum absolute atomic E-state index is 12.2. The number of benzene rings is 1. The summed E-state index contributed by atoms with van der Waals surface area (Å²) >= 11 is 5.84. The van der Waals surface area contributed by atoms with E-state index < -0.39 is 12.2 Å². The molecule has 0 radical (unpaired) electrons. The highest BCUT2D eigenvalue weighted by atomic mass is 35.5. The maximum Gasteiger partial charge on any atom is 0.410 e. The summed E-state index contributed by atoms with van der Waals surface area (Å²) in [7, 11) is 0. The lowest BCUT2D eigenvalue weighted by molar-refractivity contribution is 0.00426. The van der Waals surface area contributed by atoms with Gasteiger partial charge in [0.1, 0.15) is 6.61 Å². The van der Waals surface area contributed by atoms with Gasteiger partial charge in [0, 0.05) is 18.0 Å². The Morgan fingerprint density at radius 3 is 2.81 bits per heavy atom. The molecule has 1 aromatic rings. The molecule has 1 aliphatic heterocycles. The van der Waals surface area contributed by atoms with E-state index in [-0.39, 0.29) is 12.6 Å². The lowest BCUT2D eigenvalue weighted by atomic mass is 9.96. The second-order valence-electron chi connectivity index (χ2n) is 5.23. The van der Waals surface area contributed by atoms with Crippen molar-refractivity contribution >= 4 is 17.7 Å². The zero-order valence-corrected chi connectivity index (χ0v) is 12.6. The third-order valence-electron chi connectivity index (χ3n) is 3.61. The second kappa shape index (κ2) is 7.48. The average Bonchev–Trinajstić information content (AvgIpc) is 2.47. The van der Waals surface area contributed by atoms with E-state index in [4.69, 9.17) is 16.3 Å². The van der Waals surface area contributed by atoms with Crippen LogP contribution in [0.4, 0.5) is 4.79 Å². The van der Waals surface area contributed by atoms with Crippen molar-refractivity contribution < 1.29 is 14.6 Å². The fraction of sp³-hybridized carbons (Fsp3) is 0.438. The summed E-state index contributed by atoms with van der Waals surface area (Å²) in [5.74, 6) is 0. The summed E-state index contributed by atoms with van der Waals surface area (Å²) in [6.07, 6.45) is 0.798. The van der Waals surface area contributed by atoms with Gasteiger partial charge in [-0.3, -0.25) is 0 Å². The van der Waals surface area contributed by atoms with Crippen molar-refractivity contribution in [1.82, 2.24) is 4.90 Å². The Bertz CT molecular complexity index is 492. The summed E-state index contributed by atoms with van der Waals surface area (Å²) < 4.78 is 5.33. The second-order valence-corrected chi connectivity index (χ2v) is 5.77. The molecule has 1 heterocycles. The van der Waals surface area contributed by atoms with Gasteiger partial charge in [0.25, 0.3) is 0 Å². The number of ether oxygens (including phenoxy) is 1. The summed E-state index contributed by atoms with van der Waals surface area (Å²) in [4.78, 5) is 13.8. The molecule has 1 fully saturated rings. The van der Waals surface area contributed by atoms with Crippen molar-refractivity contribution in [1.29, 1.82) is 0 Å². The summed E-state index contributed by atoms with van der Waals surface area (Å²) in [6.45, 7) is 4.44. The van der Waals surface area contributed by atoms with Crippen LogP contribution in [0.2, 0.25) is 0 Å². The molecule has 21 heavy (non-hydrogen) atoms. The number of likely N-dealkylation sites (tertiary alicyclic amines) is 1. The molecule has 4 nitrogen and oxygen atoms in total. The quantitative estimate of drug-likeness (QED) is 0.928. The monoisotopic (exact) mass is 309 g/mol. The minimum Gasteiger partial charge on any atom is -0.445 e. The molecule has 2 atom stereocenters. The largest absolute Gasteiger partial charge is 0.445 e. The average molecular weight is 310 g/mol. The number of nitrogens with zero attached hydrogens (tertiary/aromatic N) is 1. The van der Waals surface area contributed by atoms with Crippen molar-refractivity contribution in [2.24, 2.45) is 0 Å². The fourth-order valence-electron chi connectivity index (χ4n) is 2.54. The molecule has 0 aromatic heterocycles. The van der Waals surface area contributed by atoms with Crippen molar-refractivity contribution in [2.45, 2.75) is 38.0 Å². The van der Waals surface area contributed by atoms with E-state index in [1.807, 2.05) is 30.3 Å². The Morgan fingerprint density at radius 2 is 2.14 bits per heavy atom. The molecule has 2 rings (SSSR count). The number of halogens is 1. The number of carbonyl (C=O) groups excluding carboxylic acids is 1. The summed E-state index contributed by atoms with van der Waals surface area (Å²) in [5, 5.41) is 10.5. The number of carbonyl (C=O) groups is 1. The molecule has 0 spiro atoms. The van der Waals surface area contributed by atoms with Gasteiger partial charge in [-0.15, -0.1) is 0 Å². The van der Waals surface area contributed by atoms with Gasteiger partial charge in [0.05, 0.1) is 12.1 Å². The first-order chi connectivity index (χ1) is 10.1. The minimum absolute atomic E-state index is 0.223. The van der Waals surface area contributed by atoms with Crippen LogP contribution in [0.1, 0.15) is 24.8 Å². The highest BCUT2D eigenvalue weighted by Gasteiger charge is 2.34. The van der Waals surface area contributed by atoms with E-state index >= 15 is 0 Å². The number of rotatable bonds is 4. The zero-order valence-electron chi connectivity index (χ0n) is 11.9. The standard InChI is InChI=1S/C16H20ClNO3/c1-12(17)10-14-15(19)8-5-9-18(14)16(20)21-11-13-6-3-2-4-7-13/h2-4,6-7,14-15,19H,1,5,8-11H2/t14-,15-/m0/s1. The molecule has 0 aliphatic carbocycles. The Hall–Kier alpha value is -1.52. The Balaban J connectivity index is 1.96. The lowest BCUT2D eigenvalue weighted by Crippen LogP contribution is -2.51. The van der Waals surface area contributed by atoms with Crippen LogP contribution in [-0.4, -0.2) is 34.8 Å². The summed E-state index contributed by atoms with van der Waals surface area (Å²) in [6, 6.07) is 9.15. The number of piperidine rings is 1. The molecule has 0 bridgehead atoms. The van der Waals surface area contributed by atoms with Crippen LogP contribution in [0.15, 0.2) is 41.9 Å². The van der Waals surface area contributed by atoms with Gasteiger partial charge in [-0.2, -0.15) is 0 Å². The normalized spacial score (nSPS) is 21.9. The predicted molar refractivity (Wildman–Crippen MR) is 82.0 cm³/mol. The number of aliphatic hydroxyl groups excluding tert-OH is 1. The lowest BCUT2D eigenvalue weighted by Gasteiger charge is -2.38. The molecular formula is C16H20ClNO3. The molecule has 1 aromatic carbocycles. The summed E-state index contributed by atoms with van der Waals surface area (Å²) in [5.41, 5.74) is 0.932. The van der Waals surface area contributed by atoms with Crippen LogP contribution in [0.5, 0.6) is 0 Å². The minimum atomic E-state index is -0.585. The molecule has 1 aliphatic rings. The van der Waals surface area contributed by atoms with Crippen molar-refractivity contribution in [2.75, 3.05) is 6.54 Å². The van der Waals surface area contributed by atoms with Crippen LogP contribution >= 0.6 is 11.6 Å². The van der Waals surface area contributed by atoms with Crippen molar-refractivity contribution in [3.63, 3.8) is 0 Å². The van der Waals surface area contributed by atoms with Crippen LogP contribution in [0.3, 0.4) is 0 Å². The number of hydrogen-bond donors (Lipinski definition) is 1. The van der Waals surface area contributed by atoms with Crippen LogP contribution < -0.4 is 0 Å². The molecule has 1 saturated heterocycles. The Kier molecular flexibility index (Phi) is 5.65. The third kappa shape index (κ3) is 4.48. The first-order valence-corrected chi connectivity index (χ1v) is 7.44. The number of aliphatic hydroxyl groups is 1. The Morgan fingerprint density at radius 1 is 1.43 bits per heavy atom. The SMILES string of the molecule is C=C(Cl)C[C@H]1[C@@H](O)CCCN1C(=O)OCc1ccccc1. The zero-order chi connectivity index (χ0) is 15.2. The van der Waals surface area contributed by atoms with Gasteiger partial charge in [-0.1, -0.05) is 48.5 Å². The van der Waals surface area contributed by atoms with Crippen molar-refractivity contribution in [3.05, 3.63) is 47.5 Å². The number of hydrogen-bond acceptors (Lipinski definition) is 3. The van der Waals surface area contributed by atoms with E-state index in [9.17, 15) is 9.90 Å². The highest BCUT2D eigenvalue weighted by molar-refractivity contribution is 6.29. The smallest absolute Gasteiger partial charge is 0.410 e.